The van der Waals surface area contributed by atoms with Crippen LogP contribution in [0.25, 0.3) is 11.0 Å². The van der Waals surface area contributed by atoms with Gasteiger partial charge in [-0.2, -0.15) is 0 Å². The molecular weight excluding hydrogens is 805 g/mol. The Morgan fingerprint density at radius 3 is 2.48 bits per heavy atom. The van der Waals surface area contributed by atoms with Crippen molar-refractivity contribution < 1.29 is 22.9 Å². The molecule has 2 aliphatic heterocycles. The fraction of sp³-hybridized carbons (Fsp3) is 0.468. The maximum Gasteiger partial charge on any atom is 0.312 e. The Balaban J connectivity index is 0.790. The van der Waals surface area contributed by atoms with Gasteiger partial charge in [-0.15, -0.1) is 0 Å². The van der Waals surface area contributed by atoms with Gasteiger partial charge in [-0.25, -0.2) is 23.1 Å². The Bertz CT molecular complexity index is 2660. The Hall–Kier alpha value is -5.54. The number of H-pyrrole nitrogens is 1. The molecule has 11 rings (SSSR count). The minimum atomic E-state index is -4.58. The van der Waals surface area contributed by atoms with Gasteiger partial charge >= 0.3 is 5.69 Å². The summed E-state index contributed by atoms with van der Waals surface area (Å²) in [6.45, 7) is 3.44. The van der Waals surface area contributed by atoms with Crippen molar-refractivity contribution in [2.24, 2.45) is 23.2 Å². The number of nitrogens with one attached hydrogen (secondary N) is 3. The van der Waals surface area contributed by atoms with Crippen LogP contribution in [0.4, 0.5) is 17.2 Å². The summed E-state index contributed by atoms with van der Waals surface area (Å²) >= 11 is 0. The van der Waals surface area contributed by atoms with Crippen LogP contribution >= 0.6 is 0 Å². The van der Waals surface area contributed by atoms with Gasteiger partial charge in [0.2, 0.25) is 5.82 Å². The number of aromatic amines is 1. The predicted molar refractivity (Wildman–Crippen MR) is 235 cm³/mol. The Labute approximate surface area is 361 Å². The summed E-state index contributed by atoms with van der Waals surface area (Å²) in [7, 11) is -4.58. The largest absolute Gasteiger partial charge is 0.455 e. The van der Waals surface area contributed by atoms with Crippen LogP contribution < -0.4 is 19.7 Å². The number of sulfonamides is 1. The maximum absolute atomic E-state index is 13.9. The number of amides is 1. The van der Waals surface area contributed by atoms with Crippen molar-refractivity contribution in [2.75, 3.05) is 36.4 Å². The number of fused-ring (bicyclic) bond motifs is 2. The number of piperidine rings is 1. The molecule has 3 aromatic heterocycles. The van der Waals surface area contributed by atoms with E-state index in [0.29, 0.717) is 53.2 Å². The molecule has 62 heavy (non-hydrogen) atoms. The lowest BCUT2D eigenvalue weighted by Gasteiger charge is -2.56. The number of likely N-dealkylation sites (tertiary alicyclic amines) is 1. The van der Waals surface area contributed by atoms with Crippen molar-refractivity contribution in [3.05, 3.63) is 106 Å². The molecular formula is C47H52N8O6S. The number of nitro groups is 1. The Kier molecular flexibility index (Phi) is 9.74. The van der Waals surface area contributed by atoms with Crippen LogP contribution in [0, 0.1) is 33.3 Å². The molecule has 2 aromatic carbocycles. The van der Waals surface area contributed by atoms with Crippen LogP contribution in [0.3, 0.4) is 0 Å². The minimum Gasteiger partial charge on any atom is -0.455 e. The Morgan fingerprint density at radius 2 is 1.71 bits per heavy atom. The SMILES string of the molecule is O=C(NS(=O)(=O)c1cnc(NCC2C3CCCC32)c([N+](=O)[O-])c1)c1ccc(N2CCC3(CC2)CC(N2CCC[C@@H]2c2ccccc2C2CC2)C3)cc1Oc1cnc2[nH]ccc2c1. The lowest BCUT2D eigenvalue weighted by atomic mass is 9.59. The molecule has 2 saturated heterocycles. The van der Waals surface area contributed by atoms with Crippen LogP contribution in [0.15, 0.2) is 84.1 Å². The zero-order valence-electron chi connectivity index (χ0n) is 34.7. The highest BCUT2D eigenvalue weighted by molar-refractivity contribution is 7.90. The third-order valence-electron chi connectivity index (χ3n) is 15.1. The molecule has 15 heteroatoms. The van der Waals surface area contributed by atoms with E-state index in [1.807, 2.05) is 12.1 Å². The predicted octanol–water partition coefficient (Wildman–Crippen LogP) is 8.70. The van der Waals surface area contributed by atoms with Crippen molar-refractivity contribution in [2.45, 2.75) is 93.5 Å². The summed E-state index contributed by atoms with van der Waals surface area (Å²) in [6, 6.07) is 20.1. The highest BCUT2D eigenvalue weighted by Crippen LogP contribution is 2.58. The van der Waals surface area contributed by atoms with E-state index in [1.54, 1.807) is 41.7 Å². The molecule has 14 nitrogen and oxygen atoms in total. The monoisotopic (exact) mass is 856 g/mol. The molecule has 5 aromatic rings. The fourth-order valence-corrected chi connectivity index (χ4v) is 12.6. The van der Waals surface area contributed by atoms with Gasteiger partial charge in [-0.3, -0.25) is 19.8 Å². The van der Waals surface area contributed by atoms with Crippen molar-refractivity contribution >= 4 is 44.2 Å². The van der Waals surface area contributed by atoms with Gasteiger partial charge in [0, 0.05) is 61.1 Å². The van der Waals surface area contributed by atoms with E-state index in [2.05, 4.69) is 59.1 Å². The second-order valence-corrected chi connectivity index (χ2v) is 20.4. The summed E-state index contributed by atoms with van der Waals surface area (Å²) in [5, 5.41) is 16.0. The molecule has 5 heterocycles. The van der Waals surface area contributed by atoms with Crippen LogP contribution in [0.1, 0.15) is 104 Å². The van der Waals surface area contributed by atoms with Crippen LogP contribution in [-0.4, -0.2) is 71.3 Å². The van der Waals surface area contributed by atoms with Gasteiger partial charge in [0.1, 0.15) is 22.0 Å². The normalized spacial score (nSPS) is 24.5. The quantitative estimate of drug-likeness (QED) is 0.0763. The summed E-state index contributed by atoms with van der Waals surface area (Å²) in [5.41, 5.74) is 4.53. The second-order valence-electron chi connectivity index (χ2n) is 18.8. The number of ether oxygens (including phenoxy) is 1. The molecule has 3 atom stereocenters. The standard InChI is InChI=1S/C47H52N8O6S/c56-46(52-62(59,60)34-23-42(55(57)58)45(50-27-34)51-28-40-36-7-3-8-37(36)40)39-13-12-31(22-43(39)61-33-21-30-14-17-48-44(30)49-26-33)53-19-15-47(16-20-53)24-32(25-47)54-18-4-9-41(54)38-6-2-1-5-35(38)29-10-11-29/h1-2,5-6,12-14,17,21-23,26-27,29,32,36-37,40-41H,3-4,7-11,15-16,18-20,24-25,28H2,(H,48,49)(H,50,51)(H,52,56)/t36?,37?,40?,41-/m1/s1. The zero-order valence-corrected chi connectivity index (χ0v) is 35.5. The smallest absolute Gasteiger partial charge is 0.312 e. The molecule has 0 bridgehead atoms. The number of nitrogens with zero attached hydrogens (tertiary/aromatic N) is 5. The van der Waals surface area contributed by atoms with Gasteiger partial charge in [-0.05, 0) is 135 Å². The maximum atomic E-state index is 13.9. The zero-order chi connectivity index (χ0) is 42.2. The second kappa shape index (κ2) is 15.4. The molecule has 4 saturated carbocycles. The molecule has 0 radical (unpaired) electrons. The van der Waals surface area contributed by atoms with Gasteiger partial charge in [0.25, 0.3) is 15.9 Å². The highest BCUT2D eigenvalue weighted by atomic mass is 32.2. The molecule has 6 aliphatic rings. The summed E-state index contributed by atoms with van der Waals surface area (Å²) < 4.78 is 35.8. The summed E-state index contributed by atoms with van der Waals surface area (Å²) in [4.78, 5) is 41.6. The molecule has 6 fully saturated rings. The van der Waals surface area contributed by atoms with Crippen molar-refractivity contribution in [1.82, 2.24) is 24.6 Å². The van der Waals surface area contributed by atoms with Gasteiger partial charge < -0.3 is 19.9 Å². The number of hydrogen-bond donors (Lipinski definition) is 3. The van der Waals surface area contributed by atoms with Crippen molar-refractivity contribution in [3.8, 4) is 11.5 Å². The number of aromatic nitrogens is 3. The van der Waals surface area contributed by atoms with E-state index in [9.17, 15) is 23.3 Å². The van der Waals surface area contributed by atoms with Gasteiger partial charge in [-0.1, -0.05) is 30.7 Å². The molecule has 1 spiro atoms. The van der Waals surface area contributed by atoms with Crippen molar-refractivity contribution in [3.63, 3.8) is 0 Å². The lowest BCUT2D eigenvalue weighted by Crippen LogP contribution is -2.54. The topological polar surface area (TPSA) is 176 Å². The van der Waals surface area contributed by atoms with E-state index in [-0.39, 0.29) is 17.1 Å². The highest BCUT2D eigenvalue weighted by Gasteiger charge is 2.52. The van der Waals surface area contributed by atoms with Crippen LogP contribution in [0.5, 0.6) is 11.5 Å². The number of carbonyl (C=O) groups excluding carboxylic acids is 1. The number of pyridine rings is 2. The number of rotatable bonds is 13. The number of anilines is 2. The van der Waals surface area contributed by atoms with E-state index in [0.717, 1.165) is 55.2 Å². The molecule has 2 unspecified atom stereocenters. The Morgan fingerprint density at radius 1 is 0.919 bits per heavy atom. The minimum absolute atomic E-state index is 0.0100. The number of hydrogen-bond acceptors (Lipinski definition) is 11. The number of carbonyl (C=O) groups is 1. The van der Waals surface area contributed by atoms with E-state index >= 15 is 0 Å². The average molecular weight is 857 g/mol. The summed E-state index contributed by atoms with van der Waals surface area (Å²) in [5.74, 6) is 2.10. The summed E-state index contributed by atoms with van der Waals surface area (Å²) in [6.07, 6.45) is 17.7. The first-order valence-electron chi connectivity index (χ1n) is 22.4. The van der Waals surface area contributed by atoms with Gasteiger partial charge in [0.15, 0.2) is 0 Å². The van der Waals surface area contributed by atoms with E-state index in [4.69, 9.17) is 4.74 Å². The first kappa shape index (κ1) is 39.3. The van der Waals surface area contributed by atoms with E-state index < -0.39 is 31.4 Å². The average Bonchev–Trinajstić information content (AvgIpc) is 3.97. The first-order chi connectivity index (χ1) is 30.1. The van der Waals surface area contributed by atoms with Crippen LogP contribution in [0.2, 0.25) is 0 Å². The molecule has 322 valence electrons. The third kappa shape index (κ3) is 7.36. The number of benzene rings is 2. The molecule has 4 aliphatic carbocycles. The lowest BCUT2D eigenvalue weighted by molar-refractivity contribution is -0.384. The van der Waals surface area contributed by atoms with Gasteiger partial charge in [0.05, 0.1) is 22.9 Å². The third-order valence-corrected chi connectivity index (χ3v) is 16.4. The molecule has 1 amide bonds. The van der Waals surface area contributed by atoms with Crippen molar-refractivity contribution in [1.29, 1.82) is 0 Å². The van der Waals surface area contributed by atoms with Crippen LogP contribution in [-0.2, 0) is 10.0 Å². The molecule has 3 N–H and O–H groups in total. The fourth-order valence-electron chi connectivity index (χ4n) is 11.6. The first-order valence-corrected chi connectivity index (χ1v) is 23.9. The van der Waals surface area contributed by atoms with E-state index in [1.165, 1.54) is 64.3 Å².